The third-order valence-corrected chi connectivity index (χ3v) is 6.36. The monoisotopic (exact) mass is 405 g/mol. The maximum absolute atomic E-state index is 12.8. The molecular weight excluding hydrogens is 386 g/mol. The number of hydrogen-bond acceptors (Lipinski definition) is 6. The zero-order valence-electron chi connectivity index (χ0n) is 16.2. The number of benzene rings is 1. The first-order valence-electron chi connectivity index (χ1n) is 9.89. The summed E-state index contributed by atoms with van der Waals surface area (Å²) in [7, 11) is 0. The molecule has 30 heavy (non-hydrogen) atoms. The second kappa shape index (κ2) is 6.76. The van der Waals surface area contributed by atoms with Crippen molar-refractivity contribution in [2.24, 2.45) is 28.8 Å². The molecule has 8 nitrogen and oxygen atoms in total. The van der Waals surface area contributed by atoms with Gasteiger partial charge in [0.2, 0.25) is 0 Å². The minimum Gasteiger partial charge on any atom is -0.455 e. The van der Waals surface area contributed by atoms with Crippen LogP contribution in [0.4, 0.5) is 5.69 Å². The maximum atomic E-state index is 12.8. The molecule has 0 unspecified atom stereocenters. The molecule has 152 valence electrons. The normalized spacial score (nSPS) is 27.3. The third-order valence-electron chi connectivity index (χ3n) is 6.36. The maximum Gasteiger partial charge on any atom is 0.270 e. The Labute approximate surface area is 172 Å². The van der Waals surface area contributed by atoms with Crippen LogP contribution >= 0.6 is 0 Å². The SMILES string of the molecule is Cc1ccc([N+](=O)[O-])cc1-c1ccc(/C=N\N2C(=O)[C@@H]3[C@H](C2=O)[C@H]2C=C[C@@H]3CC2)o1. The highest BCUT2D eigenvalue weighted by Crippen LogP contribution is 2.49. The molecule has 2 bridgehead atoms. The van der Waals surface area contributed by atoms with Crippen LogP contribution in [-0.4, -0.2) is 28.0 Å². The van der Waals surface area contributed by atoms with E-state index in [-0.39, 0.29) is 41.2 Å². The lowest BCUT2D eigenvalue weighted by Gasteiger charge is -2.37. The lowest BCUT2D eigenvalue weighted by molar-refractivity contribution is -0.384. The van der Waals surface area contributed by atoms with Gasteiger partial charge in [0.15, 0.2) is 0 Å². The van der Waals surface area contributed by atoms with Crippen molar-refractivity contribution in [3.63, 3.8) is 0 Å². The minimum atomic E-state index is -0.458. The van der Waals surface area contributed by atoms with E-state index < -0.39 is 4.92 Å². The number of carbonyl (C=O) groups excluding carboxylic acids is 2. The van der Waals surface area contributed by atoms with E-state index in [0.717, 1.165) is 23.4 Å². The highest BCUT2D eigenvalue weighted by Gasteiger charge is 2.56. The topological polar surface area (TPSA) is 106 Å². The molecule has 2 amide bonds. The summed E-state index contributed by atoms with van der Waals surface area (Å²) in [4.78, 5) is 36.2. The molecule has 2 fully saturated rings. The van der Waals surface area contributed by atoms with Gasteiger partial charge in [-0.1, -0.05) is 18.2 Å². The number of imide groups is 1. The van der Waals surface area contributed by atoms with E-state index >= 15 is 0 Å². The van der Waals surface area contributed by atoms with Gasteiger partial charge in [-0.25, -0.2) is 0 Å². The van der Waals surface area contributed by atoms with Crippen molar-refractivity contribution < 1.29 is 18.9 Å². The van der Waals surface area contributed by atoms with Gasteiger partial charge in [0.25, 0.3) is 17.5 Å². The quantitative estimate of drug-likeness (QED) is 0.254. The Bertz CT molecular complexity index is 1100. The van der Waals surface area contributed by atoms with Gasteiger partial charge in [-0.3, -0.25) is 19.7 Å². The van der Waals surface area contributed by atoms with E-state index in [2.05, 4.69) is 17.3 Å². The fraction of sp³-hybridized carbons (Fsp3) is 0.318. The number of amides is 2. The van der Waals surface area contributed by atoms with Crippen molar-refractivity contribution in [3.05, 3.63) is 63.9 Å². The Morgan fingerprint density at radius 1 is 1.10 bits per heavy atom. The highest BCUT2D eigenvalue weighted by molar-refractivity contribution is 6.06. The number of rotatable bonds is 4. The van der Waals surface area contributed by atoms with Gasteiger partial charge in [0.05, 0.1) is 23.0 Å². The summed E-state index contributed by atoms with van der Waals surface area (Å²) in [5.41, 5.74) is 1.41. The molecule has 6 rings (SSSR count). The van der Waals surface area contributed by atoms with Gasteiger partial charge < -0.3 is 4.42 Å². The Hall–Kier alpha value is -3.55. The Kier molecular flexibility index (Phi) is 4.16. The van der Waals surface area contributed by atoms with E-state index in [1.165, 1.54) is 18.3 Å². The number of furan rings is 1. The Balaban J connectivity index is 1.39. The second-order valence-corrected chi connectivity index (χ2v) is 8.03. The van der Waals surface area contributed by atoms with E-state index in [1.54, 1.807) is 18.2 Å². The second-order valence-electron chi connectivity index (χ2n) is 8.03. The molecule has 4 aliphatic rings. The van der Waals surface area contributed by atoms with Crippen molar-refractivity contribution >= 4 is 23.7 Å². The number of hydrazone groups is 1. The predicted molar refractivity (Wildman–Crippen MR) is 107 cm³/mol. The molecule has 2 heterocycles. The number of nitro groups is 1. The van der Waals surface area contributed by atoms with Crippen molar-refractivity contribution in [2.75, 3.05) is 0 Å². The first kappa shape index (κ1) is 18.5. The van der Waals surface area contributed by atoms with Crippen LogP contribution in [0.3, 0.4) is 0 Å². The fourth-order valence-corrected chi connectivity index (χ4v) is 4.84. The summed E-state index contributed by atoms with van der Waals surface area (Å²) in [5, 5.41) is 16.2. The van der Waals surface area contributed by atoms with E-state index in [4.69, 9.17) is 4.42 Å². The number of nitrogens with zero attached hydrogens (tertiary/aromatic N) is 3. The number of nitro benzene ring substituents is 1. The molecular formula is C22H19N3O5. The van der Waals surface area contributed by atoms with Gasteiger partial charge in [-0.05, 0) is 49.3 Å². The number of aryl methyl sites for hydroxylation is 1. The standard InChI is InChI=1S/C22H19N3O5/c1-12-2-7-15(25(28)29)10-17(12)18-9-8-16(30-18)11-23-24-21(26)19-13-3-4-14(6-5-13)20(19)22(24)27/h2-4,7-11,13-14,19-20H,5-6H2,1H3/b23-11-/t13-,14+,19+,20-. The predicted octanol–water partition coefficient (Wildman–Crippen LogP) is 3.69. The van der Waals surface area contributed by atoms with Crippen molar-refractivity contribution in [3.8, 4) is 11.3 Å². The summed E-state index contributed by atoms with van der Waals surface area (Å²) in [6.07, 6.45) is 7.34. The lowest BCUT2D eigenvalue weighted by Crippen LogP contribution is -2.38. The van der Waals surface area contributed by atoms with Gasteiger partial charge in [0.1, 0.15) is 11.5 Å². The molecule has 1 aromatic heterocycles. The summed E-state index contributed by atoms with van der Waals surface area (Å²) in [6, 6.07) is 7.90. The summed E-state index contributed by atoms with van der Waals surface area (Å²) < 4.78 is 5.76. The molecule has 3 aliphatic carbocycles. The number of hydrogen-bond donors (Lipinski definition) is 0. The van der Waals surface area contributed by atoms with Crippen molar-refractivity contribution in [1.82, 2.24) is 5.01 Å². The van der Waals surface area contributed by atoms with Gasteiger partial charge in [0, 0.05) is 17.7 Å². The van der Waals surface area contributed by atoms with Gasteiger partial charge >= 0.3 is 0 Å². The molecule has 1 aliphatic heterocycles. The summed E-state index contributed by atoms with van der Waals surface area (Å²) >= 11 is 0. The average Bonchev–Trinajstić information content (AvgIpc) is 3.32. The molecule has 4 atom stereocenters. The van der Waals surface area contributed by atoms with E-state index in [1.807, 2.05) is 6.92 Å². The smallest absolute Gasteiger partial charge is 0.270 e. The first-order chi connectivity index (χ1) is 14.4. The van der Waals surface area contributed by atoms with E-state index in [9.17, 15) is 19.7 Å². The number of carbonyl (C=O) groups is 2. The highest BCUT2D eigenvalue weighted by atomic mass is 16.6. The van der Waals surface area contributed by atoms with Crippen LogP contribution in [0.2, 0.25) is 0 Å². The first-order valence-corrected chi connectivity index (χ1v) is 9.89. The molecule has 1 aromatic carbocycles. The van der Waals surface area contributed by atoms with Crippen LogP contribution < -0.4 is 0 Å². The number of allylic oxidation sites excluding steroid dienone is 2. The zero-order valence-corrected chi connectivity index (χ0v) is 16.2. The molecule has 0 spiro atoms. The van der Waals surface area contributed by atoms with Crippen molar-refractivity contribution in [2.45, 2.75) is 19.8 Å². The van der Waals surface area contributed by atoms with Crippen LogP contribution in [-0.2, 0) is 9.59 Å². The van der Waals surface area contributed by atoms with Crippen molar-refractivity contribution in [1.29, 1.82) is 0 Å². The Morgan fingerprint density at radius 2 is 1.77 bits per heavy atom. The van der Waals surface area contributed by atoms with Crippen LogP contribution in [0.15, 0.2) is 52.0 Å². The molecule has 1 saturated carbocycles. The average molecular weight is 405 g/mol. The summed E-state index contributed by atoms with van der Waals surface area (Å²) in [5.74, 6) is -0.0769. The molecule has 1 saturated heterocycles. The van der Waals surface area contributed by atoms with Crippen LogP contribution in [0.25, 0.3) is 11.3 Å². The fourth-order valence-electron chi connectivity index (χ4n) is 4.84. The van der Waals surface area contributed by atoms with Gasteiger partial charge in [-0.15, -0.1) is 0 Å². The van der Waals surface area contributed by atoms with Crippen LogP contribution in [0.5, 0.6) is 0 Å². The van der Waals surface area contributed by atoms with Crippen LogP contribution in [0, 0.1) is 40.7 Å². The minimum absolute atomic E-state index is 0.0266. The van der Waals surface area contributed by atoms with Gasteiger partial charge in [-0.2, -0.15) is 10.1 Å². The van der Waals surface area contributed by atoms with E-state index in [0.29, 0.717) is 17.1 Å². The largest absolute Gasteiger partial charge is 0.455 e. The zero-order chi connectivity index (χ0) is 21.0. The molecule has 0 N–H and O–H groups in total. The molecule has 8 heteroatoms. The third kappa shape index (κ3) is 2.79. The number of non-ortho nitro benzene ring substituents is 1. The Morgan fingerprint density at radius 3 is 2.37 bits per heavy atom. The number of fused-ring (bicyclic) bond motifs is 1. The lowest BCUT2D eigenvalue weighted by atomic mass is 9.63. The molecule has 2 aromatic rings. The van der Waals surface area contributed by atoms with Crippen LogP contribution in [0.1, 0.15) is 24.2 Å². The molecule has 0 radical (unpaired) electrons. The summed E-state index contributed by atoms with van der Waals surface area (Å²) in [6.45, 7) is 1.83.